The largest absolute Gasteiger partial charge is 0.326 e. The predicted octanol–water partition coefficient (Wildman–Crippen LogP) is 4.25. The molecule has 2 aromatic carbocycles. The van der Waals surface area contributed by atoms with Gasteiger partial charge in [-0.3, -0.25) is 9.48 Å². The number of carbonyl (C=O) groups is 2. The van der Waals surface area contributed by atoms with Crippen molar-refractivity contribution in [3.8, 4) is 0 Å². The molecular weight excluding hydrogens is 366 g/mol. The SMILES string of the molecule is Cc1nn(C)c(C)c1CCC(=O)Nc1ccc(NC(=O)Nc2ccccc2)cc1. The van der Waals surface area contributed by atoms with Crippen LogP contribution in [0.3, 0.4) is 0 Å². The summed E-state index contributed by atoms with van der Waals surface area (Å²) in [5.41, 5.74) is 5.20. The normalized spacial score (nSPS) is 10.4. The molecular formula is C22H25N5O2. The van der Waals surface area contributed by atoms with Crippen LogP contribution >= 0.6 is 0 Å². The second-order valence-electron chi connectivity index (χ2n) is 6.84. The van der Waals surface area contributed by atoms with E-state index >= 15 is 0 Å². The first kappa shape index (κ1) is 20.1. The van der Waals surface area contributed by atoms with Gasteiger partial charge in [-0.25, -0.2) is 4.79 Å². The number of para-hydroxylation sites is 1. The van der Waals surface area contributed by atoms with Crippen LogP contribution in [0.15, 0.2) is 54.6 Å². The maximum absolute atomic E-state index is 12.3. The Bertz CT molecular complexity index is 994. The van der Waals surface area contributed by atoms with E-state index < -0.39 is 0 Å². The molecule has 0 aliphatic heterocycles. The first-order valence-corrected chi connectivity index (χ1v) is 9.44. The van der Waals surface area contributed by atoms with Gasteiger partial charge < -0.3 is 16.0 Å². The molecule has 0 atom stereocenters. The summed E-state index contributed by atoms with van der Waals surface area (Å²) in [6, 6.07) is 15.9. The third-order valence-corrected chi connectivity index (χ3v) is 4.72. The van der Waals surface area contributed by atoms with Gasteiger partial charge >= 0.3 is 6.03 Å². The van der Waals surface area contributed by atoms with Crippen LogP contribution in [0, 0.1) is 13.8 Å². The lowest BCUT2D eigenvalue weighted by Gasteiger charge is -2.09. The highest BCUT2D eigenvalue weighted by atomic mass is 16.2. The summed E-state index contributed by atoms with van der Waals surface area (Å²) in [6.07, 6.45) is 1.03. The van der Waals surface area contributed by atoms with Crippen molar-refractivity contribution in [1.82, 2.24) is 9.78 Å². The number of hydrogen-bond acceptors (Lipinski definition) is 3. The van der Waals surface area contributed by atoms with Gasteiger partial charge in [-0.05, 0) is 62.2 Å². The second kappa shape index (κ2) is 9.05. The molecule has 150 valence electrons. The van der Waals surface area contributed by atoms with E-state index in [1.807, 2.05) is 55.9 Å². The third-order valence-electron chi connectivity index (χ3n) is 4.72. The van der Waals surface area contributed by atoms with Gasteiger partial charge in [0.25, 0.3) is 0 Å². The lowest BCUT2D eigenvalue weighted by atomic mass is 10.1. The van der Waals surface area contributed by atoms with E-state index in [4.69, 9.17) is 0 Å². The molecule has 1 aromatic heterocycles. The van der Waals surface area contributed by atoms with Crippen LogP contribution in [0.4, 0.5) is 21.9 Å². The quantitative estimate of drug-likeness (QED) is 0.587. The average molecular weight is 391 g/mol. The van der Waals surface area contributed by atoms with Crippen molar-refractivity contribution < 1.29 is 9.59 Å². The highest BCUT2D eigenvalue weighted by molar-refractivity contribution is 6.00. The fourth-order valence-electron chi connectivity index (χ4n) is 3.09. The molecule has 3 amide bonds. The van der Waals surface area contributed by atoms with Crippen LogP contribution in [0.1, 0.15) is 23.4 Å². The molecule has 0 saturated carbocycles. The van der Waals surface area contributed by atoms with Crippen molar-refractivity contribution in [2.75, 3.05) is 16.0 Å². The van der Waals surface area contributed by atoms with Gasteiger partial charge in [-0.1, -0.05) is 18.2 Å². The Hall–Kier alpha value is -3.61. The zero-order chi connectivity index (χ0) is 20.8. The van der Waals surface area contributed by atoms with Crippen molar-refractivity contribution in [3.63, 3.8) is 0 Å². The minimum absolute atomic E-state index is 0.0600. The molecule has 0 radical (unpaired) electrons. The summed E-state index contributed by atoms with van der Waals surface area (Å²) < 4.78 is 1.84. The topological polar surface area (TPSA) is 88.1 Å². The van der Waals surface area contributed by atoms with E-state index in [0.717, 1.165) is 17.0 Å². The maximum Gasteiger partial charge on any atom is 0.323 e. The number of benzene rings is 2. The van der Waals surface area contributed by atoms with Gasteiger partial charge in [0, 0.05) is 36.2 Å². The van der Waals surface area contributed by atoms with E-state index in [9.17, 15) is 9.59 Å². The van der Waals surface area contributed by atoms with Gasteiger partial charge in [0.2, 0.25) is 5.91 Å². The van der Waals surface area contributed by atoms with Crippen molar-refractivity contribution in [1.29, 1.82) is 0 Å². The molecule has 0 unspecified atom stereocenters. The zero-order valence-corrected chi connectivity index (χ0v) is 16.8. The number of urea groups is 1. The minimum Gasteiger partial charge on any atom is -0.326 e. The molecule has 7 heteroatoms. The van der Waals surface area contributed by atoms with Crippen LogP contribution in [0.25, 0.3) is 0 Å². The Balaban J connectivity index is 1.49. The van der Waals surface area contributed by atoms with Gasteiger partial charge in [0.05, 0.1) is 5.69 Å². The monoisotopic (exact) mass is 391 g/mol. The molecule has 0 bridgehead atoms. The van der Waals surface area contributed by atoms with Gasteiger partial charge in [0.15, 0.2) is 0 Å². The third kappa shape index (κ3) is 5.44. The van der Waals surface area contributed by atoms with Crippen LogP contribution in [0.2, 0.25) is 0 Å². The van der Waals surface area contributed by atoms with Crippen LogP contribution in [0.5, 0.6) is 0 Å². The number of amides is 3. The van der Waals surface area contributed by atoms with E-state index in [0.29, 0.717) is 29.9 Å². The second-order valence-corrected chi connectivity index (χ2v) is 6.84. The highest BCUT2D eigenvalue weighted by Crippen LogP contribution is 2.17. The lowest BCUT2D eigenvalue weighted by molar-refractivity contribution is -0.116. The number of nitrogens with zero attached hydrogens (tertiary/aromatic N) is 2. The fraction of sp³-hybridized carbons (Fsp3) is 0.227. The van der Waals surface area contributed by atoms with Gasteiger partial charge in [-0.15, -0.1) is 0 Å². The predicted molar refractivity (Wildman–Crippen MR) is 115 cm³/mol. The summed E-state index contributed by atoms with van der Waals surface area (Å²) in [6.45, 7) is 3.97. The van der Waals surface area contributed by atoms with Crippen LogP contribution in [-0.4, -0.2) is 21.7 Å². The standard InChI is InChI=1S/C22H25N5O2/c1-15-20(16(2)27(3)26-15)13-14-21(28)23-18-9-11-19(12-10-18)25-22(29)24-17-7-5-4-6-8-17/h4-12H,13-14H2,1-3H3,(H,23,28)(H2,24,25,29). The van der Waals surface area contributed by atoms with E-state index in [-0.39, 0.29) is 11.9 Å². The first-order chi connectivity index (χ1) is 13.9. The van der Waals surface area contributed by atoms with E-state index in [2.05, 4.69) is 21.0 Å². The first-order valence-electron chi connectivity index (χ1n) is 9.44. The highest BCUT2D eigenvalue weighted by Gasteiger charge is 2.11. The van der Waals surface area contributed by atoms with E-state index in [1.165, 1.54) is 0 Å². The number of carbonyl (C=O) groups excluding carboxylic acids is 2. The smallest absolute Gasteiger partial charge is 0.323 e. The maximum atomic E-state index is 12.3. The molecule has 0 fully saturated rings. The number of hydrogen-bond donors (Lipinski definition) is 3. The Morgan fingerprint density at radius 2 is 1.41 bits per heavy atom. The van der Waals surface area contributed by atoms with Crippen LogP contribution < -0.4 is 16.0 Å². The Morgan fingerprint density at radius 1 is 0.862 bits per heavy atom. The molecule has 3 N–H and O–H groups in total. The summed E-state index contributed by atoms with van der Waals surface area (Å²) in [5.74, 6) is -0.0600. The van der Waals surface area contributed by atoms with E-state index in [1.54, 1.807) is 24.3 Å². The zero-order valence-electron chi connectivity index (χ0n) is 16.8. The van der Waals surface area contributed by atoms with Crippen molar-refractivity contribution in [2.24, 2.45) is 7.05 Å². The number of aromatic nitrogens is 2. The molecule has 3 aromatic rings. The molecule has 3 rings (SSSR count). The molecule has 0 aliphatic carbocycles. The van der Waals surface area contributed by atoms with Crippen molar-refractivity contribution in [2.45, 2.75) is 26.7 Å². The Kier molecular flexibility index (Phi) is 6.29. The Morgan fingerprint density at radius 3 is 1.97 bits per heavy atom. The van der Waals surface area contributed by atoms with Crippen LogP contribution in [-0.2, 0) is 18.3 Å². The van der Waals surface area contributed by atoms with Gasteiger partial charge in [-0.2, -0.15) is 5.10 Å². The molecule has 29 heavy (non-hydrogen) atoms. The summed E-state index contributed by atoms with van der Waals surface area (Å²) in [4.78, 5) is 24.3. The molecule has 0 spiro atoms. The number of rotatable bonds is 6. The van der Waals surface area contributed by atoms with Crippen molar-refractivity contribution >= 4 is 29.0 Å². The van der Waals surface area contributed by atoms with Crippen molar-refractivity contribution in [3.05, 3.63) is 71.5 Å². The molecule has 0 aliphatic rings. The molecule has 0 saturated heterocycles. The molecule has 7 nitrogen and oxygen atoms in total. The van der Waals surface area contributed by atoms with Gasteiger partial charge in [0.1, 0.15) is 0 Å². The average Bonchev–Trinajstić information content (AvgIpc) is 2.94. The fourth-order valence-corrected chi connectivity index (χ4v) is 3.09. The summed E-state index contributed by atoms with van der Waals surface area (Å²) >= 11 is 0. The lowest BCUT2D eigenvalue weighted by Crippen LogP contribution is -2.19. The Labute approximate surface area is 170 Å². The summed E-state index contributed by atoms with van der Waals surface area (Å²) in [7, 11) is 1.90. The summed E-state index contributed by atoms with van der Waals surface area (Å²) in [5, 5.41) is 12.8. The number of anilines is 3. The minimum atomic E-state index is -0.324. The number of aryl methyl sites for hydroxylation is 2. The number of nitrogens with one attached hydrogen (secondary N) is 3. The molecule has 1 heterocycles.